The zero-order valence-electron chi connectivity index (χ0n) is 26.0. The van der Waals surface area contributed by atoms with Crippen LogP contribution < -0.4 is 14.8 Å². The van der Waals surface area contributed by atoms with Crippen molar-refractivity contribution < 1.29 is 24.1 Å². The molecule has 0 spiro atoms. The van der Waals surface area contributed by atoms with Gasteiger partial charge in [0, 0.05) is 46.5 Å². The van der Waals surface area contributed by atoms with Crippen LogP contribution in [0.15, 0.2) is 112 Å². The Kier molecular flexibility index (Phi) is 11.5. The molecule has 242 valence electrons. The predicted octanol–water partition coefficient (Wildman–Crippen LogP) is 6.89. The Morgan fingerprint density at radius 2 is 1.72 bits per heavy atom. The summed E-state index contributed by atoms with van der Waals surface area (Å²) in [5.74, 6) is 1.42. The summed E-state index contributed by atoms with van der Waals surface area (Å²) in [6, 6.07) is 30.3. The fourth-order valence-electron chi connectivity index (χ4n) is 5.60. The van der Waals surface area contributed by atoms with Crippen molar-refractivity contribution >= 4 is 27.7 Å². The van der Waals surface area contributed by atoms with Crippen LogP contribution in [0.3, 0.4) is 0 Å². The van der Waals surface area contributed by atoms with Crippen LogP contribution in [0.25, 0.3) is 10.4 Å². The quantitative estimate of drug-likeness (QED) is 0.0603. The molecule has 1 aliphatic heterocycles. The maximum Gasteiger partial charge on any atom is 0.252 e. The van der Waals surface area contributed by atoms with E-state index in [-0.39, 0.29) is 25.5 Å². The Morgan fingerprint density at radius 1 is 1.02 bits per heavy atom. The van der Waals surface area contributed by atoms with Crippen LogP contribution in [0.2, 0.25) is 0 Å². The molecular weight excluding hydrogens is 662 g/mol. The lowest BCUT2D eigenvalue weighted by molar-refractivity contribution is -0.128. The van der Waals surface area contributed by atoms with Crippen molar-refractivity contribution in [2.75, 3.05) is 26.9 Å². The van der Waals surface area contributed by atoms with Gasteiger partial charge in [0.2, 0.25) is 5.90 Å². The van der Waals surface area contributed by atoms with Gasteiger partial charge in [0.15, 0.2) is 11.6 Å². The lowest BCUT2D eigenvalue weighted by atomic mass is 9.81. The van der Waals surface area contributed by atoms with Crippen molar-refractivity contribution in [2.45, 2.75) is 37.5 Å². The van der Waals surface area contributed by atoms with Crippen LogP contribution in [0, 0.1) is 0 Å². The molecule has 0 unspecified atom stereocenters. The number of carbonyl (C=O) groups excluding carboxylic acids is 1. The minimum Gasteiger partial charge on any atom is -0.496 e. The summed E-state index contributed by atoms with van der Waals surface area (Å²) < 4.78 is 18.7. The number of methoxy groups -OCH3 is 1. The number of nitrogens with one attached hydrogen (secondary N) is 1. The largest absolute Gasteiger partial charge is 0.496 e. The number of amides is 1. The number of carbonyl (C=O) groups is 1. The number of benzene rings is 4. The van der Waals surface area contributed by atoms with Gasteiger partial charge >= 0.3 is 0 Å². The molecule has 2 atom stereocenters. The Hall–Kier alpha value is -4.83. The van der Waals surface area contributed by atoms with Gasteiger partial charge in [-0.1, -0.05) is 81.7 Å². The number of halogens is 1. The van der Waals surface area contributed by atoms with Crippen molar-refractivity contribution in [2.24, 2.45) is 10.1 Å². The Morgan fingerprint density at radius 3 is 2.45 bits per heavy atom. The fourth-order valence-corrected chi connectivity index (χ4v) is 6.10. The molecule has 0 bridgehead atoms. The summed E-state index contributed by atoms with van der Waals surface area (Å²) in [6.07, 6.45) is 0.463. The number of rotatable bonds is 15. The molecule has 1 aliphatic rings. The van der Waals surface area contributed by atoms with Crippen molar-refractivity contribution in [3.63, 3.8) is 0 Å². The highest BCUT2D eigenvalue weighted by molar-refractivity contribution is 9.10. The van der Waals surface area contributed by atoms with E-state index >= 15 is 0 Å². The molecule has 4 aromatic carbocycles. The molecule has 1 heterocycles. The van der Waals surface area contributed by atoms with Gasteiger partial charge in [0.25, 0.3) is 5.91 Å². The first-order chi connectivity index (χ1) is 23.0. The topological polar surface area (TPSA) is 138 Å². The maximum atomic E-state index is 14.6. The number of aliphatic hydroxyl groups is 1. The summed E-state index contributed by atoms with van der Waals surface area (Å²) in [6.45, 7) is 0.917. The third-order valence-corrected chi connectivity index (χ3v) is 8.69. The van der Waals surface area contributed by atoms with Gasteiger partial charge < -0.3 is 24.6 Å². The minimum atomic E-state index is -1.43. The smallest absolute Gasteiger partial charge is 0.252 e. The summed E-state index contributed by atoms with van der Waals surface area (Å²) in [4.78, 5) is 22.7. The molecule has 0 aliphatic carbocycles. The standard InChI is InChI=1S/C36H36BrN5O5/c1-45-32-14-7-4-9-25(32)19-20-39-35(44)36(23-27-10-2-3-11-28(27)24-40-42-38)33(30-12-5-6-13-31(30)37)47-34(41-36)26-15-17-29(18-16-26)46-22-8-21-43/h2-7,9-18,33,43H,8,19-24H2,1H3,(H,39,44)/t33-,36-/m1/s1. The third-order valence-electron chi connectivity index (χ3n) is 7.97. The molecule has 0 saturated carbocycles. The van der Waals surface area contributed by atoms with Gasteiger partial charge in [-0.2, -0.15) is 0 Å². The van der Waals surface area contributed by atoms with Crippen LogP contribution >= 0.6 is 15.9 Å². The van der Waals surface area contributed by atoms with E-state index in [9.17, 15) is 4.79 Å². The zero-order chi connectivity index (χ0) is 33.1. The normalized spacial score (nSPS) is 16.8. The molecular formula is C36H36BrN5O5. The summed E-state index contributed by atoms with van der Waals surface area (Å²) in [7, 11) is 1.63. The Labute approximate surface area is 282 Å². The summed E-state index contributed by atoms with van der Waals surface area (Å²) >= 11 is 3.69. The Bertz CT molecular complexity index is 1760. The van der Waals surface area contributed by atoms with Gasteiger partial charge in [0.1, 0.15) is 11.5 Å². The molecule has 0 saturated heterocycles. The molecule has 10 nitrogen and oxygen atoms in total. The van der Waals surface area contributed by atoms with E-state index in [1.807, 2.05) is 97.1 Å². The van der Waals surface area contributed by atoms with Gasteiger partial charge in [-0.25, -0.2) is 4.99 Å². The van der Waals surface area contributed by atoms with Crippen molar-refractivity contribution in [1.82, 2.24) is 5.32 Å². The molecule has 0 radical (unpaired) electrons. The first-order valence-electron chi connectivity index (χ1n) is 15.3. The highest BCUT2D eigenvalue weighted by atomic mass is 79.9. The average molecular weight is 699 g/mol. The first kappa shape index (κ1) is 33.5. The second kappa shape index (κ2) is 16.1. The molecule has 0 fully saturated rings. The molecule has 11 heteroatoms. The van der Waals surface area contributed by atoms with E-state index in [4.69, 9.17) is 29.8 Å². The number of hydrogen-bond donors (Lipinski definition) is 2. The van der Waals surface area contributed by atoms with Crippen LogP contribution in [-0.2, 0) is 28.9 Å². The Balaban J connectivity index is 1.57. The lowest BCUT2D eigenvalue weighted by Crippen LogP contribution is -2.50. The number of nitrogens with zero attached hydrogens (tertiary/aromatic N) is 4. The molecule has 5 rings (SSSR count). The van der Waals surface area contributed by atoms with Crippen molar-refractivity contribution in [1.29, 1.82) is 0 Å². The summed E-state index contributed by atoms with van der Waals surface area (Å²) in [5.41, 5.74) is 11.7. The van der Waals surface area contributed by atoms with E-state index in [0.29, 0.717) is 43.2 Å². The van der Waals surface area contributed by atoms with E-state index in [1.54, 1.807) is 7.11 Å². The van der Waals surface area contributed by atoms with Crippen molar-refractivity contribution in [3.05, 3.63) is 140 Å². The highest BCUT2D eigenvalue weighted by Gasteiger charge is 2.54. The zero-order valence-corrected chi connectivity index (χ0v) is 27.6. The number of aliphatic imine (C=N–C) groups is 1. The van der Waals surface area contributed by atoms with Gasteiger partial charge in [-0.05, 0) is 65.0 Å². The van der Waals surface area contributed by atoms with Gasteiger partial charge in [0.05, 0.1) is 20.3 Å². The predicted molar refractivity (Wildman–Crippen MR) is 184 cm³/mol. The highest BCUT2D eigenvalue weighted by Crippen LogP contribution is 2.45. The number of azide groups is 1. The van der Waals surface area contributed by atoms with E-state index < -0.39 is 11.6 Å². The minimum absolute atomic E-state index is 0.0498. The van der Waals surface area contributed by atoms with Crippen LogP contribution in [-0.4, -0.2) is 49.3 Å². The third kappa shape index (κ3) is 7.94. The molecule has 47 heavy (non-hydrogen) atoms. The first-order valence-corrected chi connectivity index (χ1v) is 16.1. The number of para-hydroxylation sites is 1. The van der Waals surface area contributed by atoms with E-state index in [2.05, 4.69) is 31.3 Å². The number of ether oxygens (including phenoxy) is 3. The van der Waals surface area contributed by atoms with E-state index in [1.165, 1.54) is 0 Å². The number of aliphatic hydroxyl groups excluding tert-OH is 1. The van der Waals surface area contributed by atoms with E-state index in [0.717, 1.165) is 32.5 Å². The van der Waals surface area contributed by atoms with Crippen LogP contribution in [0.5, 0.6) is 11.5 Å². The SMILES string of the molecule is COc1ccccc1CCNC(=O)[C@]1(Cc2ccccc2CN=[N+]=[N-])N=C(c2ccc(OCCCO)cc2)O[C@@H]1c1ccccc1Br. The fraction of sp³-hybridized carbons (Fsp3) is 0.278. The maximum absolute atomic E-state index is 14.6. The van der Waals surface area contributed by atoms with Crippen molar-refractivity contribution in [3.8, 4) is 11.5 Å². The van der Waals surface area contributed by atoms with Crippen LogP contribution in [0.4, 0.5) is 0 Å². The summed E-state index contributed by atoms with van der Waals surface area (Å²) in [5, 5.41) is 16.0. The lowest BCUT2D eigenvalue weighted by Gasteiger charge is -2.32. The second-order valence-corrected chi connectivity index (χ2v) is 11.8. The van der Waals surface area contributed by atoms with Crippen LogP contribution in [0.1, 0.15) is 40.3 Å². The van der Waals surface area contributed by atoms with Gasteiger partial charge in [-0.3, -0.25) is 4.79 Å². The molecule has 0 aromatic heterocycles. The number of hydrogen-bond acceptors (Lipinski definition) is 7. The average Bonchev–Trinajstić information content (AvgIpc) is 3.48. The molecule has 1 amide bonds. The molecule has 4 aromatic rings. The van der Waals surface area contributed by atoms with Gasteiger partial charge in [-0.15, -0.1) is 0 Å². The second-order valence-electron chi connectivity index (χ2n) is 11.0. The molecule has 2 N–H and O–H groups in total. The monoisotopic (exact) mass is 697 g/mol.